The second-order valence-electron chi connectivity index (χ2n) is 6.76. The van der Waals surface area contributed by atoms with Crippen molar-refractivity contribution < 1.29 is 9.47 Å². The van der Waals surface area contributed by atoms with E-state index < -0.39 is 0 Å². The number of ether oxygens (including phenoxy) is 2. The quantitative estimate of drug-likeness (QED) is 0.580. The maximum atomic E-state index is 6.40. The molecule has 1 aliphatic rings. The zero-order valence-electron chi connectivity index (χ0n) is 16.4. The highest BCUT2D eigenvalue weighted by atomic mass is 16.5. The number of para-hydroxylation sites is 2. The van der Waals surface area contributed by atoms with E-state index in [1.165, 1.54) is 11.4 Å². The Bertz CT molecular complexity index is 950. The molecule has 0 unspecified atom stereocenters. The van der Waals surface area contributed by atoms with E-state index in [4.69, 9.17) is 9.47 Å². The number of methoxy groups -OCH3 is 1. The van der Waals surface area contributed by atoms with Gasteiger partial charge in [0.1, 0.15) is 12.4 Å². The van der Waals surface area contributed by atoms with Gasteiger partial charge in [-0.25, -0.2) is 0 Å². The molecule has 0 spiro atoms. The number of anilines is 2. The minimum absolute atomic E-state index is 0.482. The number of hydrogen-bond acceptors (Lipinski definition) is 4. The lowest BCUT2D eigenvalue weighted by molar-refractivity contribution is 0.261. The van der Waals surface area contributed by atoms with Crippen LogP contribution >= 0.6 is 0 Å². The summed E-state index contributed by atoms with van der Waals surface area (Å²) >= 11 is 0. The van der Waals surface area contributed by atoms with Crippen molar-refractivity contribution in [3.05, 3.63) is 95.8 Å². The Morgan fingerprint density at radius 3 is 1.89 bits per heavy atom. The molecule has 0 amide bonds. The van der Waals surface area contributed by atoms with E-state index in [9.17, 15) is 0 Å². The number of fused-ring (bicyclic) bond motifs is 1. The Balaban J connectivity index is 1.71. The second-order valence-corrected chi connectivity index (χ2v) is 6.76. The molecule has 28 heavy (non-hydrogen) atoms. The van der Waals surface area contributed by atoms with Gasteiger partial charge >= 0.3 is 0 Å². The molecule has 0 aromatic heterocycles. The lowest BCUT2D eigenvalue weighted by Gasteiger charge is -2.23. The molecule has 4 rings (SSSR count). The first kappa shape index (κ1) is 18.0. The van der Waals surface area contributed by atoms with E-state index in [0.29, 0.717) is 6.61 Å². The Hall–Kier alpha value is -3.40. The van der Waals surface area contributed by atoms with Gasteiger partial charge in [-0.3, -0.25) is 0 Å². The summed E-state index contributed by atoms with van der Waals surface area (Å²) in [5, 5.41) is 0. The van der Waals surface area contributed by atoms with Crippen molar-refractivity contribution in [1.29, 1.82) is 0 Å². The van der Waals surface area contributed by atoms with Crippen LogP contribution < -0.4 is 14.5 Å². The summed E-state index contributed by atoms with van der Waals surface area (Å²) in [6.45, 7) is 0.482. The molecular formula is C24H24N2O2. The molecule has 0 N–H and O–H groups in total. The molecule has 4 nitrogen and oxygen atoms in total. The fraction of sp³-hybridized carbons (Fsp3) is 0.167. The van der Waals surface area contributed by atoms with Crippen molar-refractivity contribution in [3.63, 3.8) is 0 Å². The summed E-state index contributed by atoms with van der Waals surface area (Å²) in [5.74, 6) is 2.73. The summed E-state index contributed by atoms with van der Waals surface area (Å²) in [7, 11) is 5.83. The molecule has 0 bridgehead atoms. The van der Waals surface area contributed by atoms with Crippen LogP contribution in [0.5, 0.6) is 5.75 Å². The molecule has 0 fully saturated rings. The van der Waals surface area contributed by atoms with Crippen molar-refractivity contribution in [2.45, 2.75) is 6.61 Å². The lowest BCUT2D eigenvalue weighted by Crippen LogP contribution is -2.24. The highest BCUT2D eigenvalue weighted by Crippen LogP contribution is 2.42. The van der Waals surface area contributed by atoms with E-state index in [1.807, 2.05) is 42.5 Å². The van der Waals surface area contributed by atoms with Crippen LogP contribution in [0.1, 0.15) is 11.1 Å². The number of nitrogens with zero attached hydrogens (tertiary/aromatic N) is 2. The van der Waals surface area contributed by atoms with Gasteiger partial charge in [0.25, 0.3) is 0 Å². The van der Waals surface area contributed by atoms with Crippen LogP contribution in [0.2, 0.25) is 0 Å². The van der Waals surface area contributed by atoms with Gasteiger partial charge in [-0.1, -0.05) is 54.6 Å². The van der Waals surface area contributed by atoms with Gasteiger partial charge in [0.2, 0.25) is 0 Å². The minimum Gasteiger partial charge on any atom is -0.497 e. The average Bonchev–Trinajstić information content (AvgIpc) is 3.01. The largest absolute Gasteiger partial charge is 0.497 e. The fourth-order valence-electron chi connectivity index (χ4n) is 3.53. The first-order valence-corrected chi connectivity index (χ1v) is 9.31. The van der Waals surface area contributed by atoms with E-state index in [2.05, 4.69) is 60.3 Å². The summed E-state index contributed by atoms with van der Waals surface area (Å²) < 4.78 is 11.6. The molecule has 0 atom stereocenters. The number of benzene rings is 3. The minimum atomic E-state index is 0.482. The van der Waals surface area contributed by atoms with Crippen molar-refractivity contribution >= 4 is 17.1 Å². The van der Waals surface area contributed by atoms with Crippen LogP contribution in [0, 0.1) is 0 Å². The van der Waals surface area contributed by atoms with Crippen LogP contribution in [0.4, 0.5) is 11.4 Å². The second kappa shape index (κ2) is 7.69. The summed E-state index contributed by atoms with van der Waals surface area (Å²) in [5.41, 5.74) is 4.48. The molecule has 3 aromatic carbocycles. The molecule has 4 heteroatoms. The predicted molar refractivity (Wildman–Crippen MR) is 114 cm³/mol. The Kier molecular flexibility index (Phi) is 4.94. The SMILES string of the molecule is COc1ccc(COC(=C2N(C)c3ccccc3N2C)c2ccccc2)cc1. The lowest BCUT2D eigenvalue weighted by atomic mass is 10.1. The van der Waals surface area contributed by atoms with E-state index in [-0.39, 0.29) is 0 Å². The van der Waals surface area contributed by atoms with E-state index >= 15 is 0 Å². The summed E-state index contributed by atoms with van der Waals surface area (Å²) in [6, 6.07) is 26.6. The molecule has 0 saturated heterocycles. The van der Waals surface area contributed by atoms with Crippen LogP contribution in [0.25, 0.3) is 5.76 Å². The van der Waals surface area contributed by atoms with Gasteiger partial charge in [-0.2, -0.15) is 0 Å². The molecule has 0 saturated carbocycles. The van der Waals surface area contributed by atoms with Crippen LogP contribution in [0.3, 0.4) is 0 Å². The topological polar surface area (TPSA) is 24.9 Å². The number of rotatable bonds is 5. The van der Waals surface area contributed by atoms with Gasteiger partial charge in [-0.05, 0) is 29.8 Å². The van der Waals surface area contributed by atoms with Crippen molar-refractivity contribution in [2.24, 2.45) is 0 Å². The number of hydrogen-bond donors (Lipinski definition) is 0. The Morgan fingerprint density at radius 1 is 0.750 bits per heavy atom. The smallest absolute Gasteiger partial charge is 0.168 e. The maximum Gasteiger partial charge on any atom is 0.168 e. The summed E-state index contributed by atoms with van der Waals surface area (Å²) in [6.07, 6.45) is 0. The maximum absolute atomic E-state index is 6.40. The van der Waals surface area contributed by atoms with E-state index in [0.717, 1.165) is 28.5 Å². The highest BCUT2D eigenvalue weighted by Gasteiger charge is 2.30. The zero-order valence-corrected chi connectivity index (χ0v) is 16.4. The fourth-order valence-corrected chi connectivity index (χ4v) is 3.53. The first-order valence-electron chi connectivity index (χ1n) is 9.31. The van der Waals surface area contributed by atoms with Crippen molar-refractivity contribution in [1.82, 2.24) is 0 Å². The highest BCUT2D eigenvalue weighted by molar-refractivity contribution is 5.87. The molecule has 1 heterocycles. The first-order chi connectivity index (χ1) is 13.7. The third-order valence-electron chi connectivity index (χ3n) is 5.02. The van der Waals surface area contributed by atoms with Crippen LogP contribution in [-0.4, -0.2) is 21.2 Å². The van der Waals surface area contributed by atoms with Gasteiger partial charge in [0.15, 0.2) is 11.6 Å². The monoisotopic (exact) mass is 372 g/mol. The van der Waals surface area contributed by atoms with E-state index in [1.54, 1.807) is 7.11 Å². The van der Waals surface area contributed by atoms with Crippen molar-refractivity contribution in [2.75, 3.05) is 31.0 Å². The molecular weight excluding hydrogens is 348 g/mol. The molecule has 3 aromatic rings. The molecule has 142 valence electrons. The zero-order chi connectivity index (χ0) is 19.5. The Morgan fingerprint density at radius 2 is 1.32 bits per heavy atom. The van der Waals surface area contributed by atoms with Crippen LogP contribution in [0.15, 0.2) is 84.7 Å². The molecule has 0 aliphatic carbocycles. The standard InChI is InChI=1S/C24H24N2O2/c1-25-21-11-7-8-12-22(21)26(2)24(25)23(19-9-5-4-6-10-19)28-17-18-13-15-20(27-3)16-14-18/h4-16H,17H2,1-3H3. The van der Waals surface area contributed by atoms with Crippen LogP contribution in [-0.2, 0) is 11.3 Å². The van der Waals surface area contributed by atoms with Gasteiger partial charge in [-0.15, -0.1) is 0 Å². The average molecular weight is 372 g/mol. The van der Waals surface area contributed by atoms with Gasteiger partial charge < -0.3 is 19.3 Å². The van der Waals surface area contributed by atoms with Crippen molar-refractivity contribution in [3.8, 4) is 5.75 Å². The molecule has 1 aliphatic heterocycles. The van der Waals surface area contributed by atoms with Gasteiger partial charge in [0.05, 0.1) is 18.5 Å². The van der Waals surface area contributed by atoms with Gasteiger partial charge in [0, 0.05) is 19.7 Å². The normalized spacial score (nSPS) is 12.8. The molecule has 0 radical (unpaired) electrons. The Labute approximate surface area is 166 Å². The predicted octanol–water partition coefficient (Wildman–Crippen LogP) is 5.12. The summed E-state index contributed by atoms with van der Waals surface area (Å²) in [4.78, 5) is 4.37. The third-order valence-corrected chi connectivity index (χ3v) is 5.02. The third kappa shape index (κ3) is 3.29.